The van der Waals surface area contributed by atoms with Gasteiger partial charge in [-0.25, -0.2) is 9.97 Å². The lowest BCUT2D eigenvalue weighted by Crippen LogP contribution is -2.27. The molecule has 0 spiro atoms. The molecule has 0 saturated carbocycles. The van der Waals surface area contributed by atoms with E-state index in [1.165, 1.54) is 30.4 Å². The minimum absolute atomic E-state index is 0.0559. The number of unbranched alkanes of at least 4 members (excludes halogenated alkanes) is 3. The van der Waals surface area contributed by atoms with Gasteiger partial charge < -0.3 is 14.6 Å². The minimum Gasteiger partial charge on any atom is -0.550 e. The molecule has 0 aliphatic carbocycles. The summed E-state index contributed by atoms with van der Waals surface area (Å²) in [5.74, 6) is 6.46. The summed E-state index contributed by atoms with van der Waals surface area (Å²) in [5, 5.41) is 10.7. The first kappa shape index (κ1) is 21.8. The quantitative estimate of drug-likeness (QED) is 0.522. The third-order valence-electron chi connectivity index (χ3n) is 5.57. The summed E-state index contributed by atoms with van der Waals surface area (Å²) in [4.78, 5) is 18.8. The number of carbonyl (C=O) groups excluding carboxylic acids is 1. The summed E-state index contributed by atoms with van der Waals surface area (Å²) in [6, 6.07) is 4.35. The number of aliphatic carboxylic acids is 1. The average Bonchev–Trinajstić information content (AvgIpc) is 2.70. The van der Waals surface area contributed by atoms with Crippen LogP contribution in [0, 0.1) is 11.8 Å². The number of benzene rings is 1. The number of carbonyl (C=O) groups is 1. The molecule has 1 aliphatic heterocycles. The molecule has 0 fully saturated rings. The van der Waals surface area contributed by atoms with Crippen LogP contribution in [0.1, 0.15) is 81.0 Å². The minimum atomic E-state index is -1.19. The number of carboxylic acid groups (broad SMARTS) is 1. The van der Waals surface area contributed by atoms with Gasteiger partial charge in [-0.05, 0) is 42.4 Å². The number of nitrogens with zero attached hydrogens (tertiary/aromatic N) is 2. The Morgan fingerprint density at radius 2 is 1.93 bits per heavy atom. The highest BCUT2D eigenvalue weighted by molar-refractivity contribution is 5.66. The SMILES string of the molecule is CCCCCCc1cc2c(cc1C#Cc1cnc(CC(=O)[O-])nc1)C(C)(C)CCO2. The molecule has 3 rings (SSSR count). The summed E-state index contributed by atoms with van der Waals surface area (Å²) < 4.78 is 5.97. The van der Waals surface area contributed by atoms with Crippen LogP contribution in [0.4, 0.5) is 0 Å². The van der Waals surface area contributed by atoms with E-state index in [2.05, 4.69) is 54.7 Å². The molecule has 1 aromatic carbocycles. The fourth-order valence-electron chi connectivity index (χ4n) is 3.67. The smallest absolute Gasteiger partial charge is 0.133 e. The third-order valence-corrected chi connectivity index (χ3v) is 5.57. The number of hydrogen-bond acceptors (Lipinski definition) is 5. The lowest BCUT2D eigenvalue weighted by Gasteiger charge is -2.33. The van der Waals surface area contributed by atoms with Crippen molar-refractivity contribution in [3.63, 3.8) is 0 Å². The number of ether oxygens (including phenoxy) is 1. The Bertz CT molecular complexity index is 953. The van der Waals surface area contributed by atoms with Crippen molar-refractivity contribution in [1.82, 2.24) is 9.97 Å². The number of carboxylic acids is 1. The van der Waals surface area contributed by atoms with Gasteiger partial charge in [0.1, 0.15) is 11.6 Å². The Hall–Kier alpha value is -2.87. The summed E-state index contributed by atoms with van der Waals surface area (Å²) in [7, 11) is 0. The second-order valence-electron chi connectivity index (χ2n) is 8.49. The molecule has 1 aliphatic rings. The lowest BCUT2D eigenvalue weighted by molar-refractivity contribution is -0.304. The van der Waals surface area contributed by atoms with Crippen molar-refractivity contribution in [3.8, 4) is 17.6 Å². The maximum Gasteiger partial charge on any atom is 0.133 e. The van der Waals surface area contributed by atoms with Crippen LogP contribution >= 0.6 is 0 Å². The molecule has 5 heteroatoms. The van der Waals surface area contributed by atoms with Crippen molar-refractivity contribution in [2.24, 2.45) is 0 Å². The van der Waals surface area contributed by atoms with E-state index in [4.69, 9.17) is 4.74 Å². The Labute approximate surface area is 178 Å². The van der Waals surface area contributed by atoms with Crippen molar-refractivity contribution in [3.05, 3.63) is 52.6 Å². The maximum absolute atomic E-state index is 10.7. The molecule has 0 N–H and O–H groups in total. The van der Waals surface area contributed by atoms with E-state index < -0.39 is 5.97 Å². The highest BCUT2D eigenvalue weighted by Crippen LogP contribution is 2.40. The second-order valence-corrected chi connectivity index (χ2v) is 8.49. The Morgan fingerprint density at radius 3 is 2.63 bits per heavy atom. The van der Waals surface area contributed by atoms with E-state index in [1.807, 2.05) is 0 Å². The van der Waals surface area contributed by atoms with Gasteiger partial charge in [0.25, 0.3) is 0 Å². The van der Waals surface area contributed by atoms with E-state index in [9.17, 15) is 9.90 Å². The third kappa shape index (κ3) is 5.60. The Balaban J connectivity index is 1.90. The first-order valence-corrected chi connectivity index (χ1v) is 10.7. The first-order chi connectivity index (χ1) is 14.4. The van der Waals surface area contributed by atoms with E-state index >= 15 is 0 Å². The molecule has 0 saturated heterocycles. The molecule has 0 atom stereocenters. The van der Waals surface area contributed by atoms with E-state index in [1.54, 1.807) is 12.4 Å². The topological polar surface area (TPSA) is 75.1 Å². The molecular weight excluding hydrogens is 376 g/mol. The fourth-order valence-corrected chi connectivity index (χ4v) is 3.67. The van der Waals surface area contributed by atoms with Crippen molar-refractivity contribution < 1.29 is 14.6 Å². The van der Waals surface area contributed by atoms with Gasteiger partial charge in [0.05, 0.1) is 12.2 Å². The van der Waals surface area contributed by atoms with E-state index in [0.717, 1.165) is 37.2 Å². The van der Waals surface area contributed by atoms with Gasteiger partial charge in [0.2, 0.25) is 0 Å². The van der Waals surface area contributed by atoms with Gasteiger partial charge >= 0.3 is 0 Å². The van der Waals surface area contributed by atoms with Crippen LogP contribution in [-0.2, 0) is 23.1 Å². The van der Waals surface area contributed by atoms with Crippen LogP contribution in [0.2, 0.25) is 0 Å². The molecule has 2 aromatic rings. The zero-order valence-corrected chi connectivity index (χ0v) is 18.1. The summed E-state index contributed by atoms with van der Waals surface area (Å²) in [5.41, 5.74) is 4.14. The highest BCUT2D eigenvalue weighted by Gasteiger charge is 2.29. The van der Waals surface area contributed by atoms with Crippen LogP contribution in [0.5, 0.6) is 5.75 Å². The number of fused-ring (bicyclic) bond motifs is 1. The fraction of sp³-hybridized carbons (Fsp3) is 0.480. The summed E-state index contributed by atoms with van der Waals surface area (Å²) >= 11 is 0. The molecule has 158 valence electrons. The largest absolute Gasteiger partial charge is 0.550 e. The molecule has 5 nitrogen and oxygen atoms in total. The predicted molar refractivity (Wildman–Crippen MR) is 114 cm³/mol. The molecule has 2 heterocycles. The van der Waals surface area contributed by atoms with E-state index in [0.29, 0.717) is 5.56 Å². The van der Waals surface area contributed by atoms with Crippen LogP contribution in [0.3, 0.4) is 0 Å². The zero-order valence-electron chi connectivity index (χ0n) is 18.1. The van der Waals surface area contributed by atoms with Gasteiger partial charge in [0.15, 0.2) is 0 Å². The molecule has 30 heavy (non-hydrogen) atoms. The molecule has 1 aromatic heterocycles. The molecule has 0 unspecified atom stereocenters. The normalized spacial score (nSPS) is 14.2. The van der Waals surface area contributed by atoms with Crippen molar-refractivity contribution in [1.29, 1.82) is 0 Å². The van der Waals surface area contributed by atoms with Crippen LogP contribution in [-0.4, -0.2) is 22.5 Å². The second kappa shape index (κ2) is 9.75. The highest BCUT2D eigenvalue weighted by atomic mass is 16.5. The molecule has 0 amide bonds. The predicted octanol–water partition coefficient (Wildman–Crippen LogP) is 3.35. The average molecular weight is 406 g/mol. The number of hydrogen-bond donors (Lipinski definition) is 0. The standard InChI is InChI=1S/C25H30N2O3/c1-4-5-6-7-8-19-14-22-21(25(2,3)11-12-30-22)13-20(19)10-9-18-16-26-23(27-17-18)15-24(28)29/h13-14,16-17H,4-8,11-12,15H2,1-3H3,(H,28,29)/p-1. The van der Waals surface area contributed by atoms with Crippen molar-refractivity contribution in [2.75, 3.05) is 6.61 Å². The Kier molecular flexibility index (Phi) is 7.10. The van der Waals surface area contributed by atoms with Crippen molar-refractivity contribution in [2.45, 2.75) is 71.1 Å². The number of aryl methyl sites for hydroxylation is 1. The van der Waals surface area contributed by atoms with Gasteiger partial charge in [-0.1, -0.05) is 51.9 Å². The van der Waals surface area contributed by atoms with Crippen LogP contribution < -0.4 is 9.84 Å². The lowest BCUT2D eigenvalue weighted by atomic mass is 9.78. The van der Waals surface area contributed by atoms with Gasteiger partial charge in [-0.3, -0.25) is 0 Å². The zero-order chi connectivity index (χ0) is 21.6. The van der Waals surface area contributed by atoms with Gasteiger partial charge in [0, 0.05) is 35.9 Å². The number of rotatable bonds is 7. The molecule has 0 bridgehead atoms. The van der Waals surface area contributed by atoms with Gasteiger partial charge in [-0.2, -0.15) is 0 Å². The summed E-state index contributed by atoms with van der Waals surface area (Å²) in [6.07, 6.45) is 9.57. The van der Waals surface area contributed by atoms with Crippen molar-refractivity contribution >= 4 is 5.97 Å². The monoisotopic (exact) mass is 405 g/mol. The van der Waals surface area contributed by atoms with Crippen LogP contribution in [0.25, 0.3) is 0 Å². The first-order valence-electron chi connectivity index (χ1n) is 10.7. The maximum atomic E-state index is 10.7. The molecular formula is C25H29N2O3-. The van der Waals surface area contributed by atoms with E-state index in [-0.39, 0.29) is 17.7 Å². The number of aromatic nitrogens is 2. The molecule has 0 radical (unpaired) electrons. The summed E-state index contributed by atoms with van der Waals surface area (Å²) in [6.45, 7) is 7.45. The van der Waals surface area contributed by atoms with Crippen LogP contribution in [0.15, 0.2) is 24.5 Å². The Morgan fingerprint density at radius 1 is 1.17 bits per heavy atom. The van der Waals surface area contributed by atoms with Gasteiger partial charge in [-0.15, -0.1) is 0 Å².